The van der Waals surface area contributed by atoms with E-state index in [9.17, 15) is 4.79 Å². The van der Waals surface area contributed by atoms with Gasteiger partial charge in [0.05, 0.1) is 18.2 Å². The summed E-state index contributed by atoms with van der Waals surface area (Å²) >= 11 is 3.26. The van der Waals surface area contributed by atoms with Crippen molar-refractivity contribution < 1.29 is 9.53 Å². The summed E-state index contributed by atoms with van der Waals surface area (Å²) in [4.78, 5) is 15.9. The van der Waals surface area contributed by atoms with Crippen molar-refractivity contribution in [3.05, 3.63) is 22.3 Å². The molecule has 0 aliphatic carbocycles. The smallest absolute Gasteiger partial charge is 0.255 e. The van der Waals surface area contributed by atoms with Crippen LogP contribution in [-0.4, -0.2) is 30.6 Å². The van der Waals surface area contributed by atoms with Crippen LogP contribution in [0.15, 0.2) is 16.7 Å². The SMILES string of the molecule is CCC(COC)NC(=O)c1cc(Br)cnc1N. The lowest BCUT2D eigenvalue weighted by molar-refractivity contribution is 0.0895. The molecule has 1 rings (SSSR count). The number of nitrogens with zero attached hydrogens (tertiary/aromatic N) is 1. The Balaban J connectivity index is 2.78. The third-order valence-electron chi connectivity index (χ3n) is 2.33. The highest BCUT2D eigenvalue weighted by Crippen LogP contribution is 2.15. The van der Waals surface area contributed by atoms with Gasteiger partial charge >= 0.3 is 0 Å². The second kappa shape index (κ2) is 6.56. The molecule has 0 bridgehead atoms. The number of nitrogens with one attached hydrogen (secondary N) is 1. The Morgan fingerprint density at radius 2 is 2.41 bits per heavy atom. The lowest BCUT2D eigenvalue weighted by atomic mass is 10.2. The predicted octanol–water partition coefficient (Wildman–Crippen LogP) is 1.58. The number of nitrogen functional groups attached to an aromatic ring is 1. The molecule has 0 aromatic carbocycles. The first-order valence-electron chi connectivity index (χ1n) is 5.29. The van der Waals surface area contributed by atoms with Crippen molar-refractivity contribution in [3.63, 3.8) is 0 Å². The molecule has 1 amide bonds. The van der Waals surface area contributed by atoms with Crippen molar-refractivity contribution in [2.24, 2.45) is 0 Å². The number of anilines is 1. The van der Waals surface area contributed by atoms with Gasteiger partial charge in [0.1, 0.15) is 5.82 Å². The minimum atomic E-state index is -0.236. The Kier molecular flexibility index (Phi) is 5.37. The van der Waals surface area contributed by atoms with Crippen LogP contribution < -0.4 is 11.1 Å². The van der Waals surface area contributed by atoms with E-state index in [2.05, 4.69) is 26.2 Å². The molecule has 1 unspecified atom stereocenters. The Morgan fingerprint density at radius 3 is 3.00 bits per heavy atom. The van der Waals surface area contributed by atoms with E-state index in [1.54, 1.807) is 19.4 Å². The van der Waals surface area contributed by atoms with Gasteiger partial charge < -0.3 is 15.8 Å². The van der Waals surface area contributed by atoms with Crippen LogP contribution in [0.1, 0.15) is 23.7 Å². The van der Waals surface area contributed by atoms with E-state index in [-0.39, 0.29) is 17.8 Å². The van der Waals surface area contributed by atoms with Gasteiger partial charge in [-0.05, 0) is 28.4 Å². The largest absolute Gasteiger partial charge is 0.383 e. The van der Waals surface area contributed by atoms with Crippen LogP contribution in [0.5, 0.6) is 0 Å². The Hall–Kier alpha value is -1.14. The van der Waals surface area contributed by atoms with E-state index < -0.39 is 0 Å². The summed E-state index contributed by atoms with van der Waals surface area (Å²) < 4.78 is 5.73. The first-order valence-corrected chi connectivity index (χ1v) is 6.08. The molecule has 1 atom stereocenters. The third kappa shape index (κ3) is 3.98. The first kappa shape index (κ1) is 13.9. The van der Waals surface area contributed by atoms with Crippen molar-refractivity contribution in [1.82, 2.24) is 10.3 Å². The van der Waals surface area contributed by atoms with Gasteiger partial charge in [-0.15, -0.1) is 0 Å². The van der Waals surface area contributed by atoms with Gasteiger partial charge in [0.15, 0.2) is 0 Å². The molecule has 0 aliphatic heterocycles. The Morgan fingerprint density at radius 1 is 1.71 bits per heavy atom. The predicted molar refractivity (Wildman–Crippen MR) is 69.8 cm³/mol. The van der Waals surface area contributed by atoms with Gasteiger partial charge in [-0.3, -0.25) is 4.79 Å². The quantitative estimate of drug-likeness (QED) is 0.865. The van der Waals surface area contributed by atoms with Gasteiger partial charge in [-0.25, -0.2) is 4.98 Å². The molecule has 0 saturated heterocycles. The Bertz CT molecular complexity index is 398. The highest BCUT2D eigenvalue weighted by atomic mass is 79.9. The summed E-state index contributed by atoms with van der Waals surface area (Å²) in [6.07, 6.45) is 2.35. The van der Waals surface area contributed by atoms with Crippen molar-refractivity contribution in [3.8, 4) is 0 Å². The lowest BCUT2D eigenvalue weighted by Gasteiger charge is -2.16. The van der Waals surface area contributed by atoms with Crippen molar-refractivity contribution in [2.75, 3.05) is 19.5 Å². The highest BCUT2D eigenvalue weighted by molar-refractivity contribution is 9.10. The van der Waals surface area contributed by atoms with Crippen LogP contribution in [0.3, 0.4) is 0 Å². The van der Waals surface area contributed by atoms with E-state index in [0.717, 1.165) is 10.9 Å². The van der Waals surface area contributed by atoms with Gasteiger partial charge in [0.25, 0.3) is 5.91 Å². The molecule has 6 heteroatoms. The molecule has 0 aliphatic rings. The van der Waals surface area contributed by atoms with E-state index in [4.69, 9.17) is 10.5 Å². The number of methoxy groups -OCH3 is 1. The van der Waals surface area contributed by atoms with Crippen molar-refractivity contribution in [1.29, 1.82) is 0 Å². The maximum absolute atomic E-state index is 12.0. The first-order chi connectivity index (χ1) is 8.08. The van der Waals surface area contributed by atoms with Crippen LogP contribution in [0.2, 0.25) is 0 Å². The minimum absolute atomic E-state index is 0.0223. The Labute approximate surface area is 109 Å². The molecular formula is C11H16BrN3O2. The molecule has 3 N–H and O–H groups in total. The molecule has 1 aromatic heterocycles. The second-order valence-electron chi connectivity index (χ2n) is 3.62. The topological polar surface area (TPSA) is 77.2 Å². The number of pyridine rings is 1. The van der Waals surface area contributed by atoms with E-state index >= 15 is 0 Å². The standard InChI is InChI=1S/C11H16BrN3O2/c1-3-8(6-17-2)15-11(16)9-4-7(12)5-14-10(9)13/h4-5,8H,3,6H2,1-2H3,(H2,13,14)(H,15,16). The molecular weight excluding hydrogens is 286 g/mol. The molecule has 1 heterocycles. The summed E-state index contributed by atoms with van der Waals surface area (Å²) in [5.41, 5.74) is 6.03. The van der Waals surface area contributed by atoms with E-state index in [1.165, 1.54) is 0 Å². The molecule has 1 aromatic rings. The maximum Gasteiger partial charge on any atom is 0.255 e. The fourth-order valence-electron chi connectivity index (χ4n) is 1.36. The van der Waals surface area contributed by atoms with Gasteiger partial charge in [-0.2, -0.15) is 0 Å². The zero-order valence-electron chi connectivity index (χ0n) is 9.87. The van der Waals surface area contributed by atoms with Gasteiger partial charge in [0.2, 0.25) is 0 Å². The fraction of sp³-hybridized carbons (Fsp3) is 0.455. The molecule has 5 nitrogen and oxygen atoms in total. The molecule has 0 spiro atoms. The lowest BCUT2D eigenvalue weighted by Crippen LogP contribution is -2.37. The van der Waals surface area contributed by atoms with Crippen molar-refractivity contribution >= 4 is 27.7 Å². The second-order valence-corrected chi connectivity index (χ2v) is 4.54. The number of amides is 1. The fourth-order valence-corrected chi connectivity index (χ4v) is 1.69. The number of hydrogen-bond acceptors (Lipinski definition) is 4. The molecule has 94 valence electrons. The minimum Gasteiger partial charge on any atom is -0.383 e. The monoisotopic (exact) mass is 301 g/mol. The maximum atomic E-state index is 12.0. The average molecular weight is 302 g/mol. The summed E-state index contributed by atoms with van der Waals surface area (Å²) in [5, 5.41) is 2.85. The number of ether oxygens (including phenoxy) is 1. The van der Waals surface area contributed by atoms with Crippen LogP contribution in [0.25, 0.3) is 0 Å². The van der Waals surface area contributed by atoms with Crippen LogP contribution in [-0.2, 0) is 4.74 Å². The average Bonchev–Trinajstić information content (AvgIpc) is 2.31. The molecule has 0 saturated carbocycles. The normalized spacial score (nSPS) is 12.2. The van der Waals surface area contributed by atoms with Gasteiger partial charge in [-0.1, -0.05) is 6.92 Å². The molecule has 0 fully saturated rings. The number of halogens is 1. The summed E-state index contributed by atoms with van der Waals surface area (Å²) in [6, 6.07) is 1.63. The highest BCUT2D eigenvalue weighted by Gasteiger charge is 2.15. The van der Waals surface area contributed by atoms with Crippen LogP contribution in [0, 0.1) is 0 Å². The van der Waals surface area contributed by atoms with Crippen molar-refractivity contribution in [2.45, 2.75) is 19.4 Å². The molecule has 17 heavy (non-hydrogen) atoms. The zero-order valence-corrected chi connectivity index (χ0v) is 11.5. The third-order valence-corrected chi connectivity index (χ3v) is 2.76. The summed E-state index contributed by atoms with van der Waals surface area (Å²) in [7, 11) is 1.60. The number of carbonyl (C=O) groups excluding carboxylic acids is 1. The summed E-state index contributed by atoms with van der Waals surface area (Å²) in [5.74, 6) is -0.0156. The number of rotatable bonds is 5. The number of nitrogens with two attached hydrogens (primary N) is 1. The van der Waals surface area contributed by atoms with Crippen LogP contribution in [0.4, 0.5) is 5.82 Å². The van der Waals surface area contributed by atoms with Gasteiger partial charge in [0, 0.05) is 17.8 Å². The summed E-state index contributed by atoms with van der Waals surface area (Å²) in [6.45, 7) is 2.45. The molecule has 0 radical (unpaired) electrons. The van der Waals surface area contributed by atoms with Crippen LogP contribution >= 0.6 is 15.9 Å². The zero-order chi connectivity index (χ0) is 12.8. The number of carbonyl (C=O) groups is 1. The van der Waals surface area contributed by atoms with E-state index in [1.807, 2.05) is 6.92 Å². The number of hydrogen-bond donors (Lipinski definition) is 2. The number of aromatic nitrogens is 1. The van der Waals surface area contributed by atoms with E-state index in [0.29, 0.717) is 12.2 Å².